The first-order valence-corrected chi connectivity index (χ1v) is 6.37. The van der Waals surface area contributed by atoms with Gasteiger partial charge in [-0.25, -0.2) is 0 Å². The van der Waals surface area contributed by atoms with Gasteiger partial charge in [0.1, 0.15) is 0 Å². The van der Waals surface area contributed by atoms with Gasteiger partial charge in [-0.15, -0.1) is 0 Å². The van der Waals surface area contributed by atoms with Gasteiger partial charge in [0.25, 0.3) is 0 Å². The average molecular weight is 262 g/mol. The molecular weight excluding hydrogens is 244 g/mol. The van der Waals surface area contributed by atoms with Gasteiger partial charge < -0.3 is 16.2 Å². The Hall–Kier alpha value is -2.04. The monoisotopic (exact) mass is 262 g/mol. The molecule has 5 heteroatoms. The van der Waals surface area contributed by atoms with Crippen molar-refractivity contribution in [1.29, 1.82) is 0 Å². The van der Waals surface area contributed by atoms with Crippen LogP contribution < -0.4 is 11.1 Å². The summed E-state index contributed by atoms with van der Waals surface area (Å²) in [7, 11) is 0. The molecule has 1 aromatic carbocycles. The maximum Gasteiger partial charge on any atom is 0.306 e. The van der Waals surface area contributed by atoms with Crippen LogP contribution in [0, 0.1) is 12.8 Å². The number of benzene rings is 1. The molecule has 1 fully saturated rings. The fourth-order valence-electron chi connectivity index (χ4n) is 2.60. The molecule has 0 spiro atoms. The molecule has 1 amide bonds. The average Bonchev–Trinajstić information content (AvgIpc) is 2.77. The third kappa shape index (κ3) is 3.05. The first-order chi connectivity index (χ1) is 8.97. The van der Waals surface area contributed by atoms with E-state index in [0.29, 0.717) is 18.4 Å². The van der Waals surface area contributed by atoms with Crippen LogP contribution in [0.15, 0.2) is 18.2 Å². The van der Waals surface area contributed by atoms with Crippen molar-refractivity contribution in [1.82, 2.24) is 0 Å². The zero-order chi connectivity index (χ0) is 14.0. The Morgan fingerprint density at radius 1 is 1.37 bits per heavy atom. The minimum atomic E-state index is -0.718. The Morgan fingerprint density at radius 3 is 2.63 bits per heavy atom. The number of carboxylic acid groups (broad SMARTS) is 1. The first kappa shape index (κ1) is 13.4. The van der Waals surface area contributed by atoms with E-state index >= 15 is 0 Å². The van der Waals surface area contributed by atoms with E-state index in [-0.39, 0.29) is 12.0 Å². The van der Waals surface area contributed by atoms with E-state index < -0.39 is 11.9 Å². The van der Waals surface area contributed by atoms with E-state index in [9.17, 15) is 9.59 Å². The molecule has 2 rings (SSSR count). The minimum Gasteiger partial charge on any atom is -0.481 e. The smallest absolute Gasteiger partial charge is 0.306 e. The fourth-order valence-corrected chi connectivity index (χ4v) is 2.60. The Bertz CT molecular complexity index is 513. The lowest BCUT2D eigenvalue weighted by Gasteiger charge is -2.15. The van der Waals surface area contributed by atoms with Gasteiger partial charge in [-0.3, -0.25) is 9.59 Å². The first-order valence-electron chi connectivity index (χ1n) is 6.37. The zero-order valence-corrected chi connectivity index (χ0v) is 10.8. The van der Waals surface area contributed by atoms with Crippen molar-refractivity contribution in [2.24, 2.45) is 11.7 Å². The van der Waals surface area contributed by atoms with Crippen LogP contribution in [0.25, 0.3) is 0 Å². The van der Waals surface area contributed by atoms with Gasteiger partial charge in [-0.05, 0) is 49.9 Å². The summed E-state index contributed by atoms with van der Waals surface area (Å²) in [6.45, 7) is 1.83. The second-order valence-corrected chi connectivity index (χ2v) is 5.08. The SMILES string of the molecule is Cc1cc(N[C@H]2CC[C@@H](C(=O)O)C2)ccc1C(N)=O. The number of carboxylic acids is 1. The highest BCUT2D eigenvalue weighted by molar-refractivity contribution is 5.94. The minimum absolute atomic E-state index is 0.180. The quantitative estimate of drug-likeness (QED) is 0.770. The molecule has 0 bridgehead atoms. The van der Waals surface area contributed by atoms with Crippen molar-refractivity contribution in [3.8, 4) is 0 Å². The molecule has 0 heterocycles. The van der Waals surface area contributed by atoms with Gasteiger partial charge in [0.05, 0.1) is 5.92 Å². The van der Waals surface area contributed by atoms with Gasteiger partial charge in [0.15, 0.2) is 0 Å². The third-order valence-electron chi connectivity index (χ3n) is 3.64. The second-order valence-electron chi connectivity index (χ2n) is 5.08. The summed E-state index contributed by atoms with van der Waals surface area (Å²) in [6, 6.07) is 5.55. The molecular formula is C14H18N2O3. The highest BCUT2D eigenvalue weighted by atomic mass is 16.4. The van der Waals surface area contributed by atoms with Gasteiger partial charge in [0.2, 0.25) is 5.91 Å². The summed E-state index contributed by atoms with van der Waals surface area (Å²) in [5.74, 6) is -1.40. The van der Waals surface area contributed by atoms with E-state index in [2.05, 4.69) is 5.32 Å². The highest BCUT2D eigenvalue weighted by Gasteiger charge is 2.29. The molecule has 5 nitrogen and oxygen atoms in total. The van der Waals surface area contributed by atoms with Crippen LogP contribution >= 0.6 is 0 Å². The molecule has 4 N–H and O–H groups in total. The number of carbonyl (C=O) groups excluding carboxylic acids is 1. The van der Waals surface area contributed by atoms with E-state index in [0.717, 1.165) is 17.7 Å². The molecule has 1 aliphatic carbocycles. The summed E-state index contributed by atoms with van der Waals surface area (Å²) < 4.78 is 0. The Kier molecular flexibility index (Phi) is 3.74. The van der Waals surface area contributed by atoms with Crippen LogP contribution in [0.5, 0.6) is 0 Å². The zero-order valence-electron chi connectivity index (χ0n) is 10.8. The van der Waals surface area contributed by atoms with Crippen molar-refractivity contribution in [3.05, 3.63) is 29.3 Å². The normalized spacial score (nSPS) is 22.2. The van der Waals surface area contributed by atoms with Crippen molar-refractivity contribution < 1.29 is 14.7 Å². The van der Waals surface area contributed by atoms with Crippen molar-refractivity contribution in [3.63, 3.8) is 0 Å². The predicted molar refractivity (Wildman–Crippen MR) is 72.1 cm³/mol. The van der Waals surface area contributed by atoms with Gasteiger partial charge in [0, 0.05) is 17.3 Å². The van der Waals surface area contributed by atoms with Gasteiger partial charge in [-0.2, -0.15) is 0 Å². The molecule has 0 saturated heterocycles. The second kappa shape index (κ2) is 5.30. The van der Waals surface area contributed by atoms with Gasteiger partial charge in [-0.1, -0.05) is 0 Å². The third-order valence-corrected chi connectivity index (χ3v) is 3.64. The van der Waals surface area contributed by atoms with Crippen molar-refractivity contribution >= 4 is 17.6 Å². The molecule has 1 aromatic rings. The number of amides is 1. The number of primary amides is 1. The summed E-state index contributed by atoms with van der Waals surface area (Å²) in [6.07, 6.45) is 2.21. The van der Waals surface area contributed by atoms with Crippen molar-refractivity contribution in [2.75, 3.05) is 5.32 Å². The number of aliphatic carboxylic acids is 1. The number of nitrogens with one attached hydrogen (secondary N) is 1. The van der Waals surface area contributed by atoms with Crippen LogP contribution in [-0.4, -0.2) is 23.0 Å². The molecule has 102 valence electrons. The number of hydrogen-bond acceptors (Lipinski definition) is 3. The van der Waals surface area contributed by atoms with E-state index in [1.54, 1.807) is 12.1 Å². The predicted octanol–water partition coefficient (Wildman–Crippen LogP) is 1.76. The fraction of sp³-hybridized carbons (Fsp3) is 0.429. The number of hydrogen-bond donors (Lipinski definition) is 3. The van der Waals surface area contributed by atoms with E-state index in [1.807, 2.05) is 13.0 Å². The van der Waals surface area contributed by atoms with Crippen LogP contribution in [0.1, 0.15) is 35.2 Å². The Morgan fingerprint density at radius 2 is 2.11 bits per heavy atom. The van der Waals surface area contributed by atoms with Crippen LogP contribution in [0.4, 0.5) is 5.69 Å². The summed E-state index contributed by atoms with van der Waals surface area (Å²) in [5, 5.41) is 12.3. The highest BCUT2D eigenvalue weighted by Crippen LogP contribution is 2.28. The number of anilines is 1. The molecule has 0 aromatic heterocycles. The number of nitrogens with two attached hydrogens (primary N) is 1. The molecule has 2 atom stereocenters. The molecule has 1 saturated carbocycles. The summed E-state index contributed by atoms with van der Waals surface area (Å²) in [5.41, 5.74) is 7.50. The molecule has 19 heavy (non-hydrogen) atoms. The molecule has 1 aliphatic rings. The summed E-state index contributed by atoms with van der Waals surface area (Å²) >= 11 is 0. The summed E-state index contributed by atoms with van der Waals surface area (Å²) in [4.78, 5) is 22.0. The largest absolute Gasteiger partial charge is 0.481 e. The van der Waals surface area contributed by atoms with E-state index in [1.165, 1.54) is 0 Å². The molecule has 0 radical (unpaired) electrons. The van der Waals surface area contributed by atoms with Crippen LogP contribution in [0.2, 0.25) is 0 Å². The lowest BCUT2D eigenvalue weighted by atomic mass is 10.1. The van der Waals surface area contributed by atoms with Crippen LogP contribution in [-0.2, 0) is 4.79 Å². The van der Waals surface area contributed by atoms with Gasteiger partial charge >= 0.3 is 5.97 Å². The lowest BCUT2D eigenvalue weighted by Crippen LogP contribution is -2.18. The maximum atomic E-state index is 11.1. The van der Waals surface area contributed by atoms with Crippen molar-refractivity contribution in [2.45, 2.75) is 32.2 Å². The topological polar surface area (TPSA) is 92.4 Å². The Balaban J connectivity index is 2.03. The van der Waals surface area contributed by atoms with E-state index in [4.69, 9.17) is 10.8 Å². The molecule has 0 unspecified atom stereocenters. The molecule has 0 aliphatic heterocycles. The lowest BCUT2D eigenvalue weighted by molar-refractivity contribution is -0.141. The number of aryl methyl sites for hydroxylation is 1. The number of carbonyl (C=O) groups is 2. The maximum absolute atomic E-state index is 11.1. The van der Waals surface area contributed by atoms with Crippen LogP contribution in [0.3, 0.4) is 0 Å². The Labute approximate surface area is 111 Å². The standard InChI is InChI=1S/C14H18N2O3/c1-8-6-10(4-5-12(8)13(15)17)16-11-3-2-9(7-11)14(18)19/h4-6,9,11,16H,2-3,7H2,1H3,(H2,15,17)(H,18,19)/t9-,11+/m1/s1. The number of rotatable bonds is 4.